The van der Waals surface area contributed by atoms with Crippen LogP contribution in [0.2, 0.25) is 0 Å². The molecule has 17 heavy (non-hydrogen) atoms. The van der Waals surface area contributed by atoms with Crippen LogP contribution in [0.15, 0.2) is 48.5 Å². The quantitative estimate of drug-likeness (QED) is 0.734. The van der Waals surface area contributed by atoms with Crippen molar-refractivity contribution >= 4 is 5.78 Å². The Balaban J connectivity index is 2.22. The van der Waals surface area contributed by atoms with E-state index in [0.29, 0.717) is 16.7 Å². The minimum atomic E-state index is -0.281. The number of aryl methyl sites for hydroxylation is 1. The molecule has 2 heteroatoms. The Kier molecular flexibility index (Phi) is 3.33. The van der Waals surface area contributed by atoms with Gasteiger partial charge in [-0.05, 0) is 18.1 Å². The summed E-state index contributed by atoms with van der Waals surface area (Å²) in [5.41, 5.74) is 1.65. The van der Waals surface area contributed by atoms with Crippen LogP contribution in [0.4, 0.5) is 4.39 Å². The third kappa shape index (κ3) is 2.59. The molecule has 0 aliphatic rings. The van der Waals surface area contributed by atoms with Crippen molar-refractivity contribution in [2.24, 2.45) is 0 Å². The van der Waals surface area contributed by atoms with E-state index in [4.69, 9.17) is 0 Å². The molecule has 2 rings (SSSR count). The van der Waals surface area contributed by atoms with Crippen LogP contribution in [0, 0.1) is 12.7 Å². The number of rotatable bonds is 3. The predicted octanol–water partition coefficient (Wildman–Crippen LogP) is 3.56. The van der Waals surface area contributed by atoms with Crippen molar-refractivity contribution < 1.29 is 9.18 Å². The molecule has 0 spiro atoms. The second kappa shape index (κ2) is 4.91. The van der Waals surface area contributed by atoms with Crippen LogP contribution in [0.25, 0.3) is 0 Å². The average Bonchev–Trinajstić information content (AvgIpc) is 2.36. The van der Waals surface area contributed by atoms with Gasteiger partial charge in [0.25, 0.3) is 0 Å². The number of Topliss-reactive ketones (excluding diaryl/α,β-unsaturated/α-hetero) is 1. The summed E-state index contributed by atoms with van der Waals surface area (Å²) in [5, 5.41) is 0. The van der Waals surface area contributed by atoms with E-state index >= 15 is 0 Å². The van der Waals surface area contributed by atoms with E-state index in [2.05, 4.69) is 0 Å². The Labute approximate surface area is 99.9 Å². The molecule has 0 radical (unpaired) electrons. The molecule has 1 nitrogen and oxygen atoms in total. The zero-order valence-corrected chi connectivity index (χ0v) is 9.61. The summed E-state index contributed by atoms with van der Waals surface area (Å²) in [6.45, 7) is 1.70. The number of carbonyl (C=O) groups is 1. The highest BCUT2D eigenvalue weighted by atomic mass is 19.1. The summed E-state index contributed by atoms with van der Waals surface area (Å²) in [5.74, 6) is -0.341. The van der Waals surface area contributed by atoms with Crippen LogP contribution >= 0.6 is 0 Å². The maximum atomic E-state index is 13.7. The van der Waals surface area contributed by atoms with Crippen molar-refractivity contribution in [3.63, 3.8) is 0 Å². The van der Waals surface area contributed by atoms with Gasteiger partial charge < -0.3 is 0 Å². The van der Waals surface area contributed by atoms with Gasteiger partial charge in [0.05, 0.1) is 0 Å². The molecule has 0 saturated heterocycles. The first-order valence-electron chi connectivity index (χ1n) is 5.50. The van der Waals surface area contributed by atoms with Gasteiger partial charge in [-0.2, -0.15) is 0 Å². The van der Waals surface area contributed by atoms with Gasteiger partial charge in [0, 0.05) is 12.0 Å². The van der Waals surface area contributed by atoms with E-state index in [1.807, 2.05) is 6.07 Å². The normalized spacial score (nSPS) is 10.2. The van der Waals surface area contributed by atoms with Crippen LogP contribution in [0.5, 0.6) is 0 Å². The first-order chi connectivity index (χ1) is 8.18. The molecule has 2 aromatic rings. The van der Waals surface area contributed by atoms with E-state index in [9.17, 15) is 9.18 Å². The Morgan fingerprint density at radius 1 is 1.06 bits per heavy atom. The third-order valence-corrected chi connectivity index (χ3v) is 2.72. The fourth-order valence-corrected chi connectivity index (χ4v) is 1.74. The van der Waals surface area contributed by atoms with Gasteiger partial charge in [0.1, 0.15) is 5.82 Å². The Morgan fingerprint density at radius 2 is 1.76 bits per heavy atom. The molecule has 86 valence electrons. The molecule has 0 bridgehead atoms. The minimum Gasteiger partial charge on any atom is -0.294 e. The molecular weight excluding hydrogens is 215 g/mol. The standard InChI is InChI=1S/C15H13FO/c1-11-6-5-9-13(15(11)16)10-14(17)12-7-3-2-4-8-12/h2-9H,10H2,1H3. The van der Waals surface area contributed by atoms with Gasteiger partial charge in [-0.3, -0.25) is 4.79 Å². The van der Waals surface area contributed by atoms with Crippen LogP contribution in [0.3, 0.4) is 0 Å². The van der Waals surface area contributed by atoms with Crippen molar-refractivity contribution in [2.45, 2.75) is 13.3 Å². The number of ketones is 1. The van der Waals surface area contributed by atoms with Crippen LogP contribution < -0.4 is 0 Å². The largest absolute Gasteiger partial charge is 0.294 e. The molecule has 0 aliphatic heterocycles. The fraction of sp³-hybridized carbons (Fsp3) is 0.133. The van der Waals surface area contributed by atoms with E-state index < -0.39 is 0 Å². The molecule has 0 N–H and O–H groups in total. The topological polar surface area (TPSA) is 17.1 Å². The number of hydrogen-bond acceptors (Lipinski definition) is 1. The van der Waals surface area contributed by atoms with Gasteiger partial charge in [-0.15, -0.1) is 0 Å². The maximum Gasteiger partial charge on any atom is 0.167 e. The van der Waals surface area contributed by atoms with Crippen LogP contribution in [-0.4, -0.2) is 5.78 Å². The SMILES string of the molecule is Cc1cccc(CC(=O)c2ccccc2)c1F. The zero-order valence-electron chi connectivity index (χ0n) is 9.61. The highest BCUT2D eigenvalue weighted by molar-refractivity contribution is 5.97. The molecule has 0 fully saturated rings. The second-order valence-electron chi connectivity index (χ2n) is 4.01. The molecule has 0 heterocycles. The summed E-state index contributed by atoms with van der Waals surface area (Å²) in [6, 6.07) is 14.1. The predicted molar refractivity (Wildman–Crippen MR) is 65.6 cm³/mol. The highest BCUT2D eigenvalue weighted by Crippen LogP contribution is 2.14. The van der Waals surface area contributed by atoms with Crippen molar-refractivity contribution in [3.8, 4) is 0 Å². The van der Waals surface area contributed by atoms with E-state index in [-0.39, 0.29) is 18.0 Å². The monoisotopic (exact) mass is 228 g/mol. The Morgan fingerprint density at radius 3 is 2.47 bits per heavy atom. The second-order valence-corrected chi connectivity index (χ2v) is 4.01. The van der Waals surface area contributed by atoms with E-state index in [1.165, 1.54) is 0 Å². The van der Waals surface area contributed by atoms with Crippen molar-refractivity contribution in [3.05, 3.63) is 71.0 Å². The molecular formula is C15H13FO. The lowest BCUT2D eigenvalue weighted by Crippen LogP contribution is -2.05. The summed E-state index contributed by atoms with van der Waals surface area (Å²) in [4.78, 5) is 11.9. The molecule has 0 atom stereocenters. The number of carbonyl (C=O) groups excluding carboxylic acids is 1. The molecule has 0 unspecified atom stereocenters. The molecule has 2 aromatic carbocycles. The molecule has 0 amide bonds. The molecule has 0 aliphatic carbocycles. The van der Waals surface area contributed by atoms with Crippen LogP contribution in [-0.2, 0) is 6.42 Å². The maximum absolute atomic E-state index is 13.7. The van der Waals surface area contributed by atoms with Crippen molar-refractivity contribution in [1.29, 1.82) is 0 Å². The Hall–Kier alpha value is -1.96. The smallest absolute Gasteiger partial charge is 0.167 e. The molecule has 0 aromatic heterocycles. The first kappa shape index (κ1) is 11.5. The summed E-state index contributed by atoms with van der Waals surface area (Å²) in [7, 11) is 0. The summed E-state index contributed by atoms with van der Waals surface area (Å²) in [6.07, 6.45) is 0.109. The Bertz CT molecular complexity index is 532. The van der Waals surface area contributed by atoms with E-state index in [0.717, 1.165) is 0 Å². The fourth-order valence-electron chi connectivity index (χ4n) is 1.74. The van der Waals surface area contributed by atoms with Gasteiger partial charge >= 0.3 is 0 Å². The lowest BCUT2D eigenvalue weighted by atomic mass is 10.0. The third-order valence-electron chi connectivity index (χ3n) is 2.72. The summed E-state index contributed by atoms with van der Waals surface area (Å²) >= 11 is 0. The number of benzene rings is 2. The van der Waals surface area contributed by atoms with Gasteiger partial charge in [-0.25, -0.2) is 4.39 Å². The molecule has 0 saturated carbocycles. The number of halogens is 1. The van der Waals surface area contributed by atoms with Gasteiger partial charge in [-0.1, -0.05) is 48.5 Å². The van der Waals surface area contributed by atoms with E-state index in [1.54, 1.807) is 49.4 Å². The zero-order chi connectivity index (χ0) is 12.3. The first-order valence-corrected chi connectivity index (χ1v) is 5.50. The highest BCUT2D eigenvalue weighted by Gasteiger charge is 2.11. The van der Waals surface area contributed by atoms with Crippen LogP contribution in [0.1, 0.15) is 21.5 Å². The number of hydrogen-bond donors (Lipinski definition) is 0. The minimum absolute atomic E-state index is 0.0601. The summed E-state index contributed by atoms with van der Waals surface area (Å²) < 4.78 is 13.7. The van der Waals surface area contributed by atoms with Gasteiger partial charge in [0.15, 0.2) is 5.78 Å². The van der Waals surface area contributed by atoms with Crippen molar-refractivity contribution in [2.75, 3.05) is 0 Å². The lowest BCUT2D eigenvalue weighted by Gasteiger charge is -2.05. The van der Waals surface area contributed by atoms with Gasteiger partial charge in [0.2, 0.25) is 0 Å². The lowest BCUT2D eigenvalue weighted by molar-refractivity contribution is 0.0992. The average molecular weight is 228 g/mol. The van der Waals surface area contributed by atoms with Crippen molar-refractivity contribution in [1.82, 2.24) is 0 Å².